The van der Waals surface area contributed by atoms with Crippen molar-refractivity contribution in [1.29, 1.82) is 0 Å². The maximum absolute atomic E-state index is 11.6. The molecule has 110 valence electrons. The number of rotatable bonds is 7. The van der Waals surface area contributed by atoms with Crippen molar-refractivity contribution in [2.45, 2.75) is 38.2 Å². The van der Waals surface area contributed by atoms with Crippen LogP contribution in [-0.2, 0) is 14.3 Å². The summed E-state index contributed by atoms with van der Waals surface area (Å²) in [7, 11) is 0. The van der Waals surface area contributed by atoms with E-state index in [1.54, 1.807) is 13.8 Å². The number of amides is 1. The Bertz CT molecular complexity index is 443. The van der Waals surface area contributed by atoms with E-state index < -0.39 is 0 Å². The largest absolute Gasteiger partial charge is 0.463 e. The van der Waals surface area contributed by atoms with Gasteiger partial charge in [-0.15, -0.1) is 11.8 Å². The maximum atomic E-state index is 11.6. The van der Waals surface area contributed by atoms with Crippen molar-refractivity contribution < 1.29 is 14.3 Å². The molecule has 0 unspecified atom stereocenters. The molecule has 1 N–H and O–H groups in total. The third kappa shape index (κ3) is 7.19. The van der Waals surface area contributed by atoms with Gasteiger partial charge < -0.3 is 10.1 Å². The van der Waals surface area contributed by atoms with Gasteiger partial charge in [0.15, 0.2) is 0 Å². The summed E-state index contributed by atoms with van der Waals surface area (Å²) in [5.74, 6) is -0.0122. The summed E-state index contributed by atoms with van der Waals surface area (Å²) in [6, 6.07) is 8.02. The summed E-state index contributed by atoms with van der Waals surface area (Å²) in [6.45, 7) is 5.94. The molecule has 1 rings (SSSR count). The first kappa shape index (κ1) is 16.6. The fourth-order valence-electron chi connectivity index (χ4n) is 1.46. The van der Waals surface area contributed by atoms with E-state index in [1.807, 2.05) is 31.2 Å². The second kappa shape index (κ2) is 8.64. The molecule has 0 saturated heterocycles. The molecule has 0 aliphatic carbocycles. The van der Waals surface area contributed by atoms with Gasteiger partial charge in [0.2, 0.25) is 5.91 Å². The lowest BCUT2D eigenvalue weighted by Crippen LogP contribution is -2.28. The van der Waals surface area contributed by atoms with Crippen LogP contribution in [-0.4, -0.2) is 30.3 Å². The molecule has 1 aromatic rings. The van der Waals surface area contributed by atoms with Crippen molar-refractivity contribution in [3.05, 3.63) is 29.8 Å². The van der Waals surface area contributed by atoms with Gasteiger partial charge in [-0.05, 0) is 32.9 Å². The minimum atomic E-state index is -0.286. The van der Waals surface area contributed by atoms with Crippen molar-refractivity contribution in [2.75, 3.05) is 12.3 Å². The highest BCUT2D eigenvalue weighted by Crippen LogP contribution is 2.17. The molecule has 0 heterocycles. The molecule has 0 radical (unpaired) electrons. The molecule has 0 saturated carbocycles. The second-order valence-electron chi connectivity index (χ2n) is 4.74. The molecular weight excluding hydrogens is 274 g/mol. The van der Waals surface area contributed by atoms with Crippen molar-refractivity contribution in [3.63, 3.8) is 0 Å². The first-order chi connectivity index (χ1) is 9.47. The number of benzene rings is 1. The van der Waals surface area contributed by atoms with Gasteiger partial charge in [-0.3, -0.25) is 9.59 Å². The molecule has 0 atom stereocenters. The molecule has 0 aliphatic heterocycles. The van der Waals surface area contributed by atoms with Crippen molar-refractivity contribution >= 4 is 23.6 Å². The van der Waals surface area contributed by atoms with E-state index in [1.165, 1.54) is 17.3 Å². The Labute approximate surface area is 124 Å². The number of thioether (sulfide) groups is 1. The summed E-state index contributed by atoms with van der Waals surface area (Å²) >= 11 is 1.48. The van der Waals surface area contributed by atoms with E-state index in [9.17, 15) is 9.59 Å². The van der Waals surface area contributed by atoms with Gasteiger partial charge in [-0.1, -0.05) is 17.7 Å². The molecule has 5 heteroatoms. The lowest BCUT2D eigenvalue weighted by molar-refractivity contribution is -0.147. The Balaban J connectivity index is 2.17. The quantitative estimate of drug-likeness (QED) is 0.620. The van der Waals surface area contributed by atoms with Gasteiger partial charge in [0.25, 0.3) is 0 Å². The lowest BCUT2D eigenvalue weighted by atomic mass is 10.2. The highest BCUT2D eigenvalue weighted by Gasteiger charge is 2.07. The fraction of sp³-hybridized carbons (Fsp3) is 0.467. The summed E-state index contributed by atoms with van der Waals surface area (Å²) in [4.78, 5) is 23.9. The van der Waals surface area contributed by atoms with Crippen molar-refractivity contribution in [3.8, 4) is 0 Å². The van der Waals surface area contributed by atoms with E-state index in [4.69, 9.17) is 4.74 Å². The van der Waals surface area contributed by atoms with E-state index >= 15 is 0 Å². The van der Waals surface area contributed by atoms with Crippen LogP contribution >= 0.6 is 11.8 Å². The number of hydrogen-bond donors (Lipinski definition) is 1. The Morgan fingerprint density at radius 3 is 2.50 bits per heavy atom. The first-order valence-corrected chi connectivity index (χ1v) is 7.61. The van der Waals surface area contributed by atoms with E-state index in [-0.39, 0.29) is 24.4 Å². The molecule has 1 aromatic carbocycles. The Kier molecular flexibility index (Phi) is 7.15. The number of hydrogen-bond acceptors (Lipinski definition) is 4. The topological polar surface area (TPSA) is 55.4 Å². The van der Waals surface area contributed by atoms with E-state index in [0.717, 1.165) is 4.90 Å². The third-order valence-electron chi connectivity index (χ3n) is 2.41. The highest BCUT2D eigenvalue weighted by molar-refractivity contribution is 8.00. The zero-order valence-electron chi connectivity index (χ0n) is 12.1. The van der Waals surface area contributed by atoms with Crippen LogP contribution in [0.15, 0.2) is 29.2 Å². The SMILES string of the molecule is Cc1ccc(SCC(=O)NCCC(=O)OC(C)C)cc1. The van der Waals surface area contributed by atoms with Gasteiger partial charge in [-0.2, -0.15) is 0 Å². The van der Waals surface area contributed by atoms with Crippen LogP contribution in [0.4, 0.5) is 0 Å². The molecule has 20 heavy (non-hydrogen) atoms. The van der Waals surface area contributed by atoms with Crippen molar-refractivity contribution in [1.82, 2.24) is 5.32 Å². The Hall–Kier alpha value is -1.49. The molecular formula is C15H21NO3S. The smallest absolute Gasteiger partial charge is 0.307 e. The predicted octanol–water partition coefficient (Wildman–Crippen LogP) is 2.55. The van der Waals surface area contributed by atoms with Gasteiger partial charge in [-0.25, -0.2) is 0 Å². The van der Waals surface area contributed by atoms with Gasteiger partial charge in [0, 0.05) is 11.4 Å². The van der Waals surface area contributed by atoms with Crippen LogP contribution < -0.4 is 5.32 Å². The van der Waals surface area contributed by atoms with Gasteiger partial charge in [0.05, 0.1) is 18.3 Å². The molecule has 4 nitrogen and oxygen atoms in total. The van der Waals surface area contributed by atoms with Gasteiger partial charge >= 0.3 is 5.97 Å². The first-order valence-electron chi connectivity index (χ1n) is 6.63. The minimum Gasteiger partial charge on any atom is -0.463 e. The average molecular weight is 295 g/mol. The summed E-state index contributed by atoms with van der Waals surface area (Å²) < 4.78 is 4.98. The highest BCUT2D eigenvalue weighted by atomic mass is 32.2. The number of carbonyl (C=O) groups excluding carboxylic acids is 2. The second-order valence-corrected chi connectivity index (χ2v) is 5.79. The lowest BCUT2D eigenvalue weighted by Gasteiger charge is -2.08. The summed E-state index contributed by atoms with van der Waals surface area (Å²) in [5.41, 5.74) is 1.20. The molecule has 0 fully saturated rings. The minimum absolute atomic E-state index is 0.0760. The van der Waals surface area contributed by atoms with Crippen LogP contribution in [0.5, 0.6) is 0 Å². The molecule has 0 aliphatic rings. The van der Waals surface area contributed by atoms with Crippen LogP contribution in [0.25, 0.3) is 0 Å². The average Bonchev–Trinajstić information content (AvgIpc) is 2.37. The number of carbonyl (C=O) groups is 2. The van der Waals surface area contributed by atoms with E-state index in [2.05, 4.69) is 5.32 Å². The zero-order valence-corrected chi connectivity index (χ0v) is 13.0. The summed E-state index contributed by atoms with van der Waals surface area (Å²) in [6.07, 6.45) is 0.0920. The van der Waals surface area contributed by atoms with Gasteiger partial charge in [0.1, 0.15) is 0 Å². The molecule has 0 spiro atoms. The number of aryl methyl sites for hydroxylation is 1. The number of esters is 1. The van der Waals surface area contributed by atoms with Crippen LogP contribution in [0, 0.1) is 6.92 Å². The Morgan fingerprint density at radius 2 is 1.90 bits per heavy atom. The maximum Gasteiger partial charge on any atom is 0.307 e. The number of nitrogens with one attached hydrogen (secondary N) is 1. The normalized spacial score (nSPS) is 10.4. The Morgan fingerprint density at radius 1 is 1.25 bits per heavy atom. The monoisotopic (exact) mass is 295 g/mol. The van der Waals surface area contributed by atoms with Crippen LogP contribution in [0.2, 0.25) is 0 Å². The molecule has 0 bridgehead atoms. The number of ether oxygens (including phenoxy) is 1. The zero-order chi connectivity index (χ0) is 15.0. The van der Waals surface area contributed by atoms with Crippen LogP contribution in [0.3, 0.4) is 0 Å². The fourth-order valence-corrected chi connectivity index (χ4v) is 2.19. The molecule has 1 amide bonds. The summed E-state index contributed by atoms with van der Waals surface area (Å²) in [5, 5.41) is 2.71. The van der Waals surface area contributed by atoms with Crippen molar-refractivity contribution in [2.24, 2.45) is 0 Å². The molecule has 0 aromatic heterocycles. The predicted molar refractivity (Wildman–Crippen MR) is 80.8 cm³/mol. The standard InChI is InChI=1S/C15H21NO3S/c1-11(2)19-15(18)8-9-16-14(17)10-20-13-6-4-12(3)5-7-13/h4-7,11H,8-10H2,1-3H3,(H,16,17). The third-order valence-corrected chi connectivity index (χ3v) is 3.42. The van der Waals surface area contributed by atoms with E-state index in [0.29, 0.717) is 12.3 Å². The van der Waals surface area contributed by atoms with Crippen LogP contribution in [0.1, 0.15) is 25.8 Å².